The average molecular weight is 308 g/mol. The van der Waals surface area contributed by atoms with Gasteiger partial charge in [-0.15, -0.1) is 0 Å². The van der Waals surface area contributed by atoms with E-state index in [0.717, 1.165) is 0 Å². The maximum Gasteiger partial charge on any atom is 0.184 e. The molecule has 0 N–H and O–H groups in total. The van der Waals surface area contributed by atoms with Crippen LogP contribution in [0.1, 0.15) is 5.82 Å². The monoisotopic (exact) mass is 307 g/mol. The minimum absolute atomic E-state index is 0.389. The van der Waals surface area contributed by atoms with Crippen LogP contribution in [-0.2, 0) is 7.05 Å². The first-order chi connectivity index (χ1) is 9.58. The van der Waals surface area contributed by atoms with Gasteiger partial charge in [0.25, 0.3) is 0 Å². The van der Waals surface area contributed by atoms with Crippen LogP contribution in [0.5, 0.6) is 0 Å². The smallest absolute Gasteiger partial charge is 0.184 e. The maximum atomic E-state index is 6.10. The molecule has 0 aliphatic rings. The van der Waals surface area contributed by atoms with Gasteiger partial charge in [0.2, 0.25) is 0 Å². The van der Waals surface area contributed by atoms with Gasteiger partial charge in [-0.05, 0) is 6.72 Å². The van der Waals surface area contributed by atoms with Crippen LogP contribution in [-0.4, -0.2) is 26.5 Å². The zero-order valence-corrected chi connectivity index (χ0v) is 12.2. The molecular formula is C13H11Cl2N5. The third kappa shape index (κ3) is 2.64. The molecule has 2 rings (SSSR count). The number of aliphatic imine (C=N–C) groups is 1. The molecule has 0 unspecified atom stereocenters. The van der Waals surface area contributed by atoms with E-state index in [0.29, 0.717) is 32.8 Å². The minimum atomic E-state index is 0.389. The fourth-order valence-electron chi connectivity index (χ4n) is 1.67. The van der Waals surface area contributed by atoms with Crippen molar-refractivity contribution < 1.29 is 0 Å². The highest BCUT2D eigenvalue weighted by Gasteiger charge is 2.17. The summed E-state index contributed by atoms with van der Waals surface area (Å²) in [5.74, 6) is 1.00. The summed E-state index contributed by atoms with van der Waals surface area (Å²) in [6.07, 6.45) is 6.16. The van der Waals surface area contributed by atoms with Gasteiger partial charge in [0.15, 0.2) is 11.6 Å². The highest BCUT2D eigenvalue weighted by molar-refractivity contribution is 6.38. The maximum absolute atomic E-state index is 6.10. The van der Waals surface area contributed by atoms with E-state index in [1.54, 1.807) is 24.0 Å². The van der Waals surface area contributed by atoms with Crippen molar-refractivity contribution in [3.63, 3.8) is 0 Å². The molecule has 0 fully saturated rings. The van der Waals surface area contributed by atoms with Crippen molar-refractivity contribution in [3.05, 3.63) is 47.1 Å². The normalized spacial score (nSPS) is 11.4. The van der Waals surface area contributed by atoms with Crippen molar-refractivity contribution in [3.8, 4) is 11.4 Å². The highest BCUT2D eigenvalue weighted by atomic mass is 35.5. The van der Waals surface area contributed by atoms with Gasteiger partial charge < -0.3 is 0 Å². The molecular weight excluding hydrogens is 297 g/mol. The van der Waals surface area contributed by atoms with E-state index in [9.17, 15) is 0 Å². The van der Waals surface area contributed by atoms with Crippen LogP contribution < -0.4 is 0 Å². The van der Waals surface area contributed by atoms with E-state index < -0.39 is 0 Å². The van der Waals surface area contributed by atoms with E-state index in [2.05, 4.69) is 33.4 Å². The lowest BCUT2D eigenvalue weighted by molar-refractivity contribution is 0.756. The Labute approximate surface area is 126 Å². The van der Waals surface area contributed by atoms with Gasteiger partial charge in [0.1, 0.15) is 0 Å². The Kier molecular flexibility index (Phi) is 4.32. The fraction of sp³-hybridized carbons (Fsp3) is 0.0769. The number of nitrogens with zero attached hydrogens (tertiary/aromatic N) is 5. The van der Waals surface area contributed by atoms with Crippen molar-refractivity contribution in [2.45, 2.75) is 0 Å². The zero-order chi connectivity index (χ0) is 14.7. The lowest BCUT2D eigenvalue weighted by Crippen LogP contribution is -1.97. The molecule has 0 amide bonds. The van der Waals surface area contributed by atoms with E-state index in [1.807, 2.05) is 0 Å². The number of hydrogen-bond acceptors (Lipinski definition) is 4. The second-order valence-corrected chi connectivity index (χ2v) is 4.65. The van der Waals surface area contributed by atoms with Crippen LogP contribution in [0.4, 0.5) is 0 Å². The molecule has 2 heterocycles. The van der Waals surface area contributed by atoms with E-state index >= 15 is 0 Å². The van der Waals surface area contributed by atoms with E-state index in [4.69, 9.17) is 23.2 Å². The van der Waals surface area contributed by atoms with Crippen molar-refractivity contribution in [1.82, 2.24) is 19.7 Å². The van der Waals surface area contributed by atoms with Gasteiger partial charge in [0, 0.05) is 31.2 Å². The summed E-state index contributed by atoms with van der Waals surface area (Å²) < 4.78 is 1.60. The molecule has 0 spiro atoms. The standard InChI is InChI=1S/C13H11Cl2N5/c1-4-8(5-16-2)13-18-12(19-20(13)3)11-9(14)6-17-7-10(11)15/h4-7H,1-2H2,3H3/b8-5+. The first-order valence-corrected chi connectivity index (χ1v) is 6.33. The molecule has 0 aliphatic carbocycles. The SMILES string of the molecule is C=C/C(=C\N=C)c1nc(-c2c(Cl)cncc2Cl)nn1C. The molecule has 0 saturated heterocycles. The second kappa shape index (κ2) is 5.98. The molecule has 0 saturated carbocycles. The molecule has 20 heavy (non-hydrogen) atoms. The van der Waals surface area contributed by atoms with Gasteiger partial charge in [0.05, 0.1) is 15.6 Å². The first-order valence-electron chi connectivity index (χ1n) is 5.57. The molecule has 5 nitrogen and oxygen atoms in total. The number of aromatic nitrogens is 4. The average Bonchev–Trinajstić information content (AvgIpc) is 2.77. The van der Waals surface area contributed by atoms with Crippen LogP contribution in [0.25, 0.3) is 17.0 Å². The van der Waals surface area contributed by atoms with Crippen LogP contribution in [0.15, 0.2) is 36.2 Å². The van der Waals surface area contributed by atoms with Crippen molar-refractivity contribution >= 4 is 35.5 Å². The molecule has 7 heteroatoms. The van der Waals surface area contributed by atoms with E-state index in [1.165, 1.54) is 12.4 Å². The summed E-state index contributed by atoms with van der Waals surface area (Å²) in [4.78, 5) is 12.0. The van der Waals surface area contributed by atoms with Gasteiger partial charge in [-0.2, -0.15) is 5.10 Å². The zero-order valence-electron chi connectivity index (χ0n) is 10.7. The topological polar surface area (TPSA) is 56.0 Å². The number of aryl methyl sites for hydroxylation is 1. The lowest BCUT2D eigenvalue weighted by atomic mass is 10.2. The van der Waals surface area contributed by atoms with Crippen LogP contribution >= 0.6 is 23.2 Å². The number of halogens is 2. The Morgan fingerprint density at radius 3 is 2.55 bits per heavy atom. The Hall–Kier alpha value is -1.98. The van der Waals surface area contributed by atoms with E-state index in [-0.39, 0.29) is 0 Å². The summed E-state index contributed by atoms with van der Waals surface area (Å²) in [5.41, 5.74) is 1.24. The second-order valence-electron chi connectivity index (χ2n) is 3.83. The molecule has 0 atom stereocenters. The Morgan fingerprint density at radius 2 is 2.00 bits per heavy atom. The van der Waals surface area contributed by atoms with Gasteiger partial charge in [-0.3, -0.25) is 9.98 Å². The lowest BCUT2D eigenvalue weighted by Gasteiger charge is -2.00. The number of pyridine rings is 1. The van der Waals surface area contributed by atoms with Crippen molar-refractivity contribution in [2.75, 3.05) is 0 Å². The predicted molar refractivity (Wildman–Crippen MR) is 82.0 cm³/mol. The quantitative estimate of drug-likeness (QED) is 0.642. The molecule has 0 bridgehead atoms. The molecule has 102 valence electrons. The first kappa shape index (κ1) is 14.4. The third-order valence-electron chi connectivity index (χ3n) is 2.55. The molecule has 2 aromatic heterocycles. The summed E-state index contributed by atoms with van der Waals surface area (Å²) in [7, 11) is 1.76. The molecule has 0 aliphatic heterocycles. The van der Waals surface area contributed by atoms with Gasteiger partial charge in [-0.1, -0.05) is 35.9 Å². The minimum Gasteiger partial charge on any atom is -0.272 e. The number of hydrogen-bond donors (Lipinski definition) is 0. The number of rotatable bonds is 4. The van der Waals surface area contributed by atoms with Crippen LogP contribution in [0.2, 0.25) is 10.0 Å². The Balaban J connectivity index is 2.60. The third-order valence-corrected chi connectivity index (χ3v) is 3.12. The summed E-state index contributed by atoms with van der Waals surface area (Å²) >= 11 is 12.2. The summed E-state index contributed by atoms with van der Waals surface area (Å²) in [6, 6.07) is 0. The largest absolute Gasteiger partial charge is 0.272 e. The van der Waals surface area contributed by atoms with Crippen LogP contribution in [0.3, 0.4) is 0 Å². The van der Waals surface area contributed by atoms with Crippen molar-refractivity contribution in [2.24, 2.45) is 12.0 Å². The highest BCUT2D eigenvalue weighted by Crippen LogP contribution is 2.32. The summed E-state index contributed by atoms with van der Waals surface area (Å²) in [5, 5.41) is 5.09. The molecule has 0 radical (unpaired) electrons. The van der Waals surface area contributed by atoms with Gasteiger partial charge >= 0.3 is 0 Å². The molecule has 0 aromatic carbocycles. The predicted octanol–water partition coefficient (Wildman–Crippen LogP) is 3.41. The van der Waals surface area contributed by atoms with Crippen molar-refractivity contribution in [1.29, 1.82) is 0 Å². The summed E-state index contributed by atoms with van der Waals surface area (Å²) in [6.45, 7) is 7.13. The van der Waals surface area contributed by atoms with Crippen LogP contribution in [0, 0.1) is 0 Å². The number of allylic oxidation sites excluding steroid dienone is 2. The molecule has 2 aromatic rings. The Morgan fingerprint density at radius 1 is 1.35 bits per heavy atom. The fourth-order valence-corrected chi connectivity index (χ4v) is 2.20. The Bertz CT molecular complexity index is 683. The van der Waals surface area contributed by atoms with Gasteiger partial charge in [-0.25, -0.2) is 9.67 Å².